The van der Waals surface area contributed by atoms with Gasteiger partial charge in [0.25, 0.3) is 0 Å². The molecule has 118 valence electrons. The van der Waals surface area contributed by atoms with Crippen LogP contribution in [0.15, 0.2) is 0 Å². The molecule has 0 aliphatic heterocycles. The monoisotopic (exact) mass is 296 g/mol. The summed E-state index contributed by atoms with van der Waals surface area (Å²) in [5.41, 5.74) is -1.25. The van der Waals surface area contributed by atoms with Crippen molar-refractivity contribution >= 4 is 12.1 Å². The summed E-state index contributed by atoms with van der Waals surface area (Å²) >= 11 is 0. The summed E-state index contributed by atoms with van der Waals surface area (Å²) in [6.07, 6.45) is 1.08. The molecule has 1 aliphatic carbocycles. The van der Waals surface area contributed by atoms with Gasteiger partial charge < -0.3 is 14.4 Å². The topological polar surface area (TPSA) is 79.6 Å². The molecule has 6 heteroatoms. The molecule has 1 rings (SSSR count). The van der Waals surface area contributed by atoms with Gasteiger partial charge in [0.2, 0.25) is 0 Å². The largest absolute Gasteiger partial charge is 0.469 e. The fraction of sp³-hybridized carbons (Fsp3) is 0.800. The maximum atomic E-state index is 12.3. The van der Waals surface area contributed by atoms with E-state index in [1.807, 2.05) is 6.07 Å². The van der Waals surface area contributed by atoms with Gasteiger partial charge in [0, 0.05) is 12.6 Å². The lowest BCUT2D eigenvalue weighted by Crippen LogP contribution is -2.46. The van der Waals surface area contributed by atoms with Crippen LogP contribution in [-0.4, -0.2) is 42.3 Å². The van der Waals surface area contributed by atoms with E-state index in [1.165, 1.54) is 12.0 Å². The number of carbonyl (C=O) groups excluding carboxylic acids is 2. The first-order chi connectivity index (χ1) is 9.65. The van der Waals surface area contributed by atoms with Crippen LogP contribution < -0.4 is 0 Å². The molecule has 0 unspecified atom stereocenters. The van der Waals surface area contributed by atoms with E-state index in [0.717, 1.165) is 0 Å². The second-order valence-corrected chi connectivity index (χ2v) is 6.59. The van der Waals surface area contributed by atoms with Crippen molar-refractivity contribution in [2.24, 2.45) is 5.41 Å². The Kier molecular flexibility index (Phi) is 5.21. The molecular formula is C15H24N2O4. The summed E-state index contributed by atoms with van der Waals surface area (Å²) in [5.74, 6) is -0.305. The minimum Gasteiger partial charge on any atom is -0.469 e. The van der Waals surface area contributed by atoms with Gasteiger partial charge in [-0.05, 0) is 40.5 Å². The van der Waals surface area contributed by atoms with Gasteiger partial charge in [-0.15, -0.1) is 0 Å². The Morgan fingerprint density at radius 1 is 1.38 bits per heavy atom. The number of hydrogen-bond donors (Lipinski definition) is 0. The first-order valence-corrected chi connectivity index (χ1v) is 7.10. The lowest BCUT2D eigenvalue weighted by molar-refractivity contribution is -0.147. The molecule has 0 N–H and O–H groups in total. The van der Waals surface area contributed by atoms with E-state index >= 15 is 0 Å². The van der Waals surface area contributed by atoms with E-state index in [-0.39, 0.29) is 25.0 Å². The molecular weight excluding hydrogens is 272 g/mol. The highest BCUT2D eigenvalue weighted by Crippen LogP contribution is 2.47. The first-order valence-electron chi connectivity index (χ1n) is 7.10. The molecule has 0 saturated heterocycles. The highest BCUT2D eigenvalue weighted by molar-refractivity contribution is 5.81. The third-order valence-electron chi connectivity index (χ3n) is 3.49. The Morgan fingerprint density at radius 2 is 1.95 bits per heavy atom. The van der Waals surface area contributed by atoms with Gasteiger partial charge >= 0.3 is 12.1 Å². The minimum atomic E-state index is -0.630. The lowest BCUT2D eigenvalue weighted by Gasteiger charge is -2.32. The van der Waals surface area contributed by atoms with E-state index < -0.39 is 17.1 Å². The molecule has 1 saturated carbocycles. The number of nitriles is 1. The van der Waals surface area contributed by atoms with Crippen molar-refractivity contribution in [3.05, 3.63) is 0 Å². The fourth-order valence-corrected chi connectivity index (χ4v) is 2.08. The normalized spacial score (nSPS) is 17.3. The van der Waals surface area contributed by atoms with Crippen LogP contribution in [0.3, 0.4) is 0 Å². The Labute approximate surface area is 126 Å². The van der Waals surface area contributed by atoms with E-state index in [1.54, 1.807) is 27.7 Å². The standard InChI is InChI=1S/C15H24N2O4/c1-11(6-9-16)17(13(19)21-14(2,3)4)10-15(7-8-15)12(18)20-5/h11H,6-8,10H2,1-5H3/t11-/m1/s1. The molecule has 0 aromatic carbocycles. The number of esters is 1. The molecule has 1 aliphatic rings. The summed E-state index contributed by atoms with van der Waals surface area (Å²) < 4.78 is 10.2. The quantitative estimate of drug-likeness (QED) is 0.728. The number of methoxy groups -OCH3 is 1. The second kappa shape index (κ2) is 6.33. The SMILES string of the molecule is COC(=O)C1(CN(C(=O)OC(C)(C)C)[C@H](C)CC#N)CC1. The molecule has 0 radical (unpaired) electrons. The van der Waals surface area contributed by atoms with E-state index in [0.29, 0.717) is 12.8 Å². The molecule has 0 heterocycles. The van der Waals surface area contributed by atoms with Crippen LogP contribution in [0.1, 0.15) is 47.0 Å². The lowest BCUT2D eigenvalue weighted by atomic mass is 10.1. The van der Waals surface area contributed by atoms with Crippen molar-refractivity contribution in [3.63, 3.8) is 0 Å². The van der Waals surface area contributed by atoms with Crippen LogP contribution in [0.2, 0.25) is 0 Å². The Balaban J connectivity index is 2.86. The Bertz CT molecular complexity index is 444. The van der Waals surface area contributed by atoms with Crippen molar-refractivity contribution in [1.82, 2.24) is 4.90 Å². The zero-order valence-electron chi connectivity index (χ0n) is 13.4. The Hall–Kier alpha value is -1.77. The highest BCUT2D eigenvalue weighted by atomic mass is 16.6. The average molecular weight is 296 g/mol. The van der Waals surface area contributed by atoms with Crippen LogP contribution in [0.5, 0.6) is 0 Å². The van der Waals surface area contributed by atoms with Gasteiger partial charge in [0.1, 0.15) is 5.60 Å². The number of carbonyl (C=O) groups is 2. The molecule has 1 fully saturated rings. The molecule has 1 amide bonds. The molecule has 21 heavy (non-hydrogen) atoms. The minimum absolute atomic E-state index is 0.191. The maximum Gasteiger partial charge on any atom is 0.410 e. The molecule has 6 nitrogen and oxygen atoms in total. The number of amides is 1. The number of hydrogen-bond acceptors (Lipinski definition) is 5. The highest BCUT2D eigenvalue weighted by Gasteiger charge is 2.53. The van der Waals surface area contributed by atoms with Gasteiger partial charge in [0.05, 0.1) is 25.0 Å². The van der Waals surface area contributed by atoms with Crippen molar-refractivity contribution in [3.8, 4) is 6.07 Å². The van der Waals surface area contributed by atoms with E-state index in [2.05, 4.69) is 0 Å². The van der Waals surface area contributed by atoms with Crippen molar-refractivity contribution in [2.45, 2.75) is 58.6 Å². The second-order valence-electron chi connectivity index (χ2n) is 6.59. The molecule has 0 aromatic heterocycles. The van der Waals surface area contributed by atoms with Crippen molar-refractivity contribution in [2.75, 3.05) is 13.7 Å². The van der Waals surface area contributed by atoms with Crippen LogP contribution in [0, 0.1) is 16.7 Å². The van der Waals surface area contributed by atoms with Crippen molar-refractivity contribution < 1.29 is 19.1 Å². The summed E-state index contributed by atoms with van der Waals surface area (Å²) in [6.45, 7) is 7.36. The van der Waals surface area contributed by atoms with Gasteiger partial charge in [-0.25, -0.2) is 4.79 Å². The zero-order chi connectivity index (χ0) is 16.3. The first kappa shape index (κ1) is 17.3. The van der Waals surface area contributed by atoms with E-state index in [4.69, 9.17) is 14.7 Å². The fourth-order valence-electron chi connectivity index (χ4n) is 2.08. The van der Waals surface area contributed by atoms with Gasteiger partial charge in [-0.3, -0.25) is 4.79 Å². The predicted molar refractivity (Wildman–Crippen MR) is 76.3 cm³/mol. The third-order valence-corrected chi connectivity index (χ3v) is 3.49. The summed E-state index contributed by atoms with van der Waals surface area (Å²) in [5, 5.41) is 8.85. The zero-order valence-corrected chi connectivity index (χ0v) is 13.4. The molecule has 0 spiro atoms. The number of rotatable bonds is 5. The van der Waals surface area contributed by atoms with Gasteiger partial charge in [-0.2, -0.15) is 5.26 Å². The van der Waals surface area contributed by atoms with Crippen LogP contribution >= 0.6 is 0 Å². The average Bonchev–Trinajstić information content (AvgIpc) is 3.14. The van der Waals surface area contributed by atoms with Crippen LogP contribution in [0.25, 0.3) is 0 Å². The van der Waals surface area contributed by atoms with Gasteiger partial charge in [0.15, 0.2) is 0 Å². The summed E-state index contributed by atoms with van der Waals surface area (Å²) in [7, 11) is 1.35. The Morgan fingerprint density at radius 3 is 2.33 bits per heavy atom. The molecule has 0 bridgehead atoms. The van der Waals surface area contributed by atoms with E-state index in [9.17, 15) is 9.59 Å². The maximum absolute atomic E-state index is 12.3. The van der Waals surface area contributed by atoms with Crippen molar-refractivity contribution in [1.29, 1.82) is 5.26 Å². The summed E-state index contributed by atoms with van der Waals surface area (Å²) in [6, 6.07) is 1.74. The van der Waals surface area contributed by atoms with Crippen LogP contribution in [0.4, 0.5) is 4.79 Å². The number of nitrogens with zero attached hydrogens (tertiary/aromatic N) is 2. The number of ether oxygens (including phenoxy) is 2. The smallest absolute Gasteiger partial charge is 0.410 e. The summed E-state index contributed by atoms with van der Waals surface area (Å²) in [4.78, 5) is 25.7. The molecule has 1 atom stereocenters. The van der Waals surface area contributed by atoms with Crippen LogP contribution in [-0.2, 0) is 14.3 Å². The predicted octanol–water partition coefficient (Wildman–Crippen LogP) is 2.48. The third kappa shape index (κ3) is 4.62. The van der Waals surface area contributed by atoms with Gasteiger partial charge in [-0.1, -0.05) is 0 Å². The molecule has 0 aromatic rings.